The van der Waals surface area contributed by atoms with Crippen molar-refractivity contribution in [2.24, 2.45) is 0 Å². The third-order valence-corrected chi connectivity index (χ3v) is 3.81. The van der Waals surface area contributed by atoms with E-state index in [1.165, 1.54) is 0 Å². The van der Waals surface area contributed by atoms with Gasteiger partial charge in [-0.05, 0) is 24.6 Å². The number of ether oxygens (including phenoxy) is 1. The largest absolute Gasteiger partial charge is 0.467 e. The van der Waals surface area contributed by atoms with E-state index in [0.717, 1.165) is 11.3 Å². The van der Waals surface area contributed by atoms with Crippen molar-refractivity contribution in [1.29, 1.82) is 0 Å². The number of carbonyl (C=O) groups excluding carboxylic acids is 1. The monoisotopic (exact) mass is 300 g/mol. The molecule has 1 aromatic carbocycles. The molecule has 22 heavy (non-hydrogen) atoms. The molecular formula is C17H20N2O3. The lowest BCUT2D eigenvalue weighted by molar-refractivity contribution is -0.0382. The second-order valence-electron chi connectivity index (χ2n) is 5.46. The van der Waals surface area contributed by atoms with E-state index in [9.17, 15) is 4.79 Å². The van der Waals surface area contributed by atoms with E-state index in [2.05, 4.69) is 5.32 Å². The number of carbonyl (C=O) groups is 1. The smallest absolute Gasteiger partial charge is 0.318 e. The molecule has 1 saturated heterocycles. The maximum atomic E-state index is 12.5. The number of rotatable bonds is 3. The van der Waals surface area contributed by atoms with Crippen LogP contribution in [0, 0.1) is 0 Å². The lowest BCUT2D eigenvalue weighted by Gasteiger charge is -2.38. The molecule has 0 spiro atoms. The highest BCUT2D eigenvalue weighted by atomic mass is 16.5. The highest BCUT2D eigenvalue weighted by molar-refractivity contribution is 5.75. The molecular weight excluding hydrogens is 280 g/mol. The zero-order valence-electron chi connectivity index (χ0n) is 12.6. The maximum Gasteiger partial charge on any atom is 0.318 e. The number of amides is 2. The lowest BCUT2D eigenvalue weighted by Crippen LogP contribution is -2.50. The fourth-order valence-electron chi connectivity index (χ4n) is 2.66. The SMILES string of the molecule is C[C@H]1CN(C(=O)NCc2ccco2)[C@@H](c2ccccc2)CO1. The minimum atomic E-state index is -0.0968. The third kappa shape index (κ3) is 3.31. The molecule has 2 atom stereocenters. The fourth-order valence-corrected chi connectivity index (χ4v) is 2.66. The molecule has 1 aliphatic heterocycles. The van der Waals surface area contributed by atoms with Gasteiger partial charge in [0.15, 0.2) is 0 Å². The molecule has 1 fully saturated rings. The molecule has 0 saturated carbocycles. The Balaban J connectivity index is 1.70. The number of hydrogen-bond donors (Lipinski definition) is 1. The Morgan fingerprint density at radius 2 is 2.09 bits per heavy atom. The van der Waals surface area contributed by atoms with E-state index in [-0.39, 0.29) is 18.2 Å². The van der Waals surface area contributed by atoms with Crippen LogP contribution in [0.1, 0.15) is 24.3 Å². The first-order valence-electron chi connectivity index (χ1n) is 7.47. The van der Waals surface area contributed by atoms with Crippen molar-refractivity contribution in [2.45, 2.75) is 25.6 Å². The van der Waals surface area contributed by atoms with Crippen LogP contribution in [0.5, 0.6) is 0 Å². The summed E-state index contributed by atoms with van der Waals surface area (Å²) < 4.78 is 11.0. The zero-order chi connectivity index (χ0) is 15.4. The van der Waals surface area contributed by atoms with Crippen LogP contribution in [0.25, 0.3) is 0 Å². The first-order valence-corrected chi connectivity index (χ1v) is 7.47. The average Bonchev–Trinajstić information content (AvgIpc) is 3.07. The Morgan fingerprint density at radius 1 is 1.27 bits per heavy atom. The summed E-state index contributed by atoms with van der Waals surface area (Å²) in [4.78, 5) is 14.4. The molecule has 0 bridgehead atoms. The van der Waals surface area contributed by atoms with E-state index in [4.69, 9.17) is 9.15 Å². The maximum absolute atomic E-state index is 12.5. The van der Waals surface area contributed by atoms with Crippen LogP contribution >= 0.6 is 0 Å². The van der Waals surface area contributed by atoms with Crippen LogP contribution in [0.4, 0.5) is 4.79 Å². The summed E-state index contributed by atoms with van der Waals surface area (Å²) in [5.74, 6) is 0.742. The first kappa shape index (κ1) is 14.7. The van der Waals surface area contributed by atoms with Crippen LogP contribution in [0.2, 0.25) is 0 Å². The van der Waals surface area contributed by atoms with E-state index in [1.807, 2.05) is 54.3 Å². The van der Waals surface area contributed by atoms with Crippen LogP contribution in [-0.4, -0.2) is 30.2 Å². The van der Waals surface area contributed by atoms with E-state index in [1.54, 1.807) is 6.26 Å². The van der Waals surface area contributed by atoms with Crippen molar-refractivity contribution in [1.82, 2.24) is 10.2 Å². The first-order chi connectivity index (χ1) is 10.7. The molecule has 0 radical (unpaired) electrons. The molecule has 2 heterocycles. The van der Waals surface area contributed by atoms with Gasteiger partial charge in [-0.15, -0.1) is 0 Å². The number of nitrogens with zero attached hydrogens (tertiary/aromatic N) is 1. The van der Waals surface area contributed by atoms with Crippen molar-refractivity contribution < 1.29 is 13.9 Å². The van der Waals surface area contributed by atoms with Crippen LogP contribution < -0.4 is 5.32 Å². The standard InChI is InChI=1S/C17H20N2O3/c1-13-11-19(17(20)18-10-15-8-5-9-21-15)16(12-22-13)14-6-3-2-4-7-14/h2-9,13,16H,10-12H2,1H3,(H,18,20)/t13-,16+/m0/s1. The molecule has 0 unspecified atom stereocenters. The number of urea groups is 1. The van der Waals surface area contributed by atoms with Crippen LogP contribution in [-0.2, 0) is 11.3 Å². The van der Waals surface area contributed by atoms with Crippen molar-refractivity contribution >= 4 is 6.03 Å². The summed E-state index contributed by atoms with van der Waals surface area (Å²) in [5, 5.41) is 2.91. The predicted octanol–water partition coefficient (Wildman–Crippen LogP) is 2.95. The summed E-state index contributed by atoms with van der Waals surface area (Å²) in [6, 6.07) is 13.5. The molecule has 3 rings (SSSR count). The number of morpholine rings is 1. The minimum absolute atomic E-state index is 0.0364. The van der Waals surface area contributed by atoms with Gasteiger partial charge in [-0.3, -0.25) is 0 Å². The summed E-state index contributed by atoms with van der Waals surface area (Å²) in [6.45, 7) is 3.45. The van der Waals surface area contributed by atoms with Gasteiger partial charge in [-0.1, -0.05) is 30.3 Å². The number of hydrogen-bond acceptors (Lipinski definition) is 3. The van der Waals surface area contributed by atoms with Gasteiger partial charge in [-0.25, -0.2) is 4.79 Å². The zero-order valence-corrected chi connectivity index (χ0v) is 12.6. The molecule has 5 heteroatoms. The van der Waals surface area contributed by atoms with E-state index < -0.39 is 0 Å². The summed E-state index contributed by atoms with van der Waals surface area (Å²) in [7, 11) is 0. The highest BCUT2D eigenvalue weighted by Crippen LogP contribution is 2.26. The van der Waals surface area contributed by atoms with Crippen molar-refractivity contribution in [3.8, 4) is 0 Å². The van der Waals surface area contributed by atoms with Gasteiger partial charge < -0.3 is 19.4 Å². The summed E-state index contributed by atoms with van der Waals surface area (Å²) in [6.07, 6.45) is 1.64. The minimum Gasteiger partial charge on any atom is -0.467 e. The van der Waals surface area contributed by atoms with E-state index in [0.29, 0.717) is 19.7 Å². The topological polar surface area (TPSA) is 54.7 Å². The number of furan rings is 1. The Hall–Kier alpha value is -2.27. The van der Waals surface area contributed by atoms with Gasteiger partial charge in [0.2, 0.25) is 0 Å². The Bertz CT molecular complexity index is 598. The van der Waals surface area contributed by atoms with Gasteiger partial charge in [0.1, 0.15) is 5.76 Å². The van der Waals surface area contributed by atoms with Crippen LogP contribution in [0.15, 0.2) is 53.1 Å². The second kappa shape index (κ2) is 6.66. The van der Waals surface area contributed by atoms with Gasteiger partial charge in [0.25, 0.3) is 0 Å². The average molecular weight is 300 g/mol. The molecule has 1 N–H and O–H groups in total. The van der Waals surface area contributed by atoms with Crippen molar-refractivity contribution in [3.05, 3.63) is 60.1 Å². The lowest BCUT2D eigenvalue weighted by atomic mass is 10.0. The summed E-state index contributed by atoms with van der Waals surface area (Å²) >= 11 is 0. The molecule has 116 valence electrons. The molecule has 1 aliphatic rings. The van der Waals surface area contributed by atoms with Gasteiger partial charge in [0, 0.05) is 6.54 Å². The second-order valence-corrected chi connectivity index (χ2v) is 5.46. The van der Waals surface area contributed by atoms with Gasteiger partial charge >= 0.3 is 6.03 Å². The summed E-state index contributed by atoms with van der Waals surface area (Å²) in [5.41, 5.74) is 1.09. The Morgan fingerprint density at radius 3 is 2.82 bits per heavy atom. The Labute approximate surface area is 129 Å². The van der Waals surface area contributed by atoms with Crippen LogP contribution in [0.3, 0.4) is 0 Å². The van der Waals surface area contributed by atoms with Gasteiger partial charge in [0.05, 0.1) is 31.6 Å². The molecule has 1 aromatic heterocycles. The van der Waals surface area contributed by atoms with Crippen molar-refractivity contribution in [2.75, 3.05) is 13.2 Å². The highest BCUT2D eigenvalue weighted by Gasteiger charge is 2.31. The normalized spacial score (nSPS) is 21.6. The van der Waals surface area contributed by atoms with Gasteiger partial charge in [-0.2, -0.15) is 0 Å². The quantitative estimate of drug-likeness (QED) is 0.948. The third-order valence-electron chi connectivity index (χ3n) is 3.81. The fraction of sp³-hybridized carbons (Fsp3) is 0.353. The molecule has 5 nitrogen and oxygen atoms in total. The van der Waals surface area contributed by atoms with Crippen molar-refractivity contribution in [3.63, 3.8) is 0 Å². The number of benzene rings is 1. The predicted molar refractivity (Wildman–Crippen MR) is 82.2 cm³/mol. The molecule has 2 amide bonds. The number of nitrogens with one attached hydrogen (secondary N) is 1. The van der Waals surface area contributed by atoms with E-state index >= 15 is 0 Å². The molecule has 2 aromatic rings. The molecule has 0 aliphatic carbocycles. The Kier molecular flexibility index (Phi) is 4.44.